The third-order valence-corrected chi connectivity index (χ3v) is 5.60. The van der Waals surface area contributed by atoms with Gasteiger partial charge in [-0.1, -0.05) is 13.3 Å². The Morgan fingerprint density at radius 1 is 0.944 bits per heavy atom. The average Bonchev–Trinajstić information content (AvgIpc) is 2.40. The van der Waals surface area contributed by atoms with Crippen molar-refractivity contribution in [3.63, 3.8) is 0 Å². The molecule has 3 aliphatic rings. The first-order chi connectivity index (χ1) is 8.83. The normalized spacial score (nSPS) is 45.5. The quantitative estimate of drug-likeness (QED) is 0.787. The highest BCUT2D eigenvalue weighted by Crippen LogP contribution is 2.41. The fraction of sp³-hybridized carbons (Fsp3) is 1.00. The van der Waals surface area contributed by atoms with Crippen LogP contribution in [0.5, 0.6) is 0 Å². The van der Waals surface area contributed by atoms with Crippen molar-refractivity contribution in [3.8, 4) is 0 Å². The van der Waals surface area contributed by atoms with Crippen LogP contribution in [-0.4, -0.2) is 25.2 Å². The van der Waals surface area contributed by atoms with E-state index in [-0.39, 0.29) is 0 Å². The van der Waals surface area contributed by atoms with Crippen molar-refractivity contribution in [2.24, 2.45) is 17.8 Å². The predicted molar refractivity (Wildman–Crippen MR) is 76.7 cm³/mol. The largest absolute Gasteiger partial charge is 0.314 e. The van der Waals surface area contributed by atoms with Crippen molar-refractivity contribution >= 4 is 0 Å². The van der Waals surface area contributed by atoms with Crippen LogP contribution in [0.15, 0.2) is 0 Å². The Balaban J connectivity index is 1.60. The number of nitrogens with one attached hydrogen (secondary N) is 2. The molecular weight excluding hydrogens is 220 g/mol. The van der Waals surface area contributed by atoms with Crippen molar-refractivity contribution < 1.29 is 0 Å². The highest BCUT2D eigenvalue weighted by Gasteiger charge is 2.38. The van der Waals surface area contributed by atoms with Crippen LogP contribution in [0.3, 0.4) is 0 Å². The first-order valence-corrected chi connectivity index (χ1v) is 8.29. The van der Waals surface area contributed by atoms with Gasteiger partial charge in [-0.3, -0.25) is 0 Å². The average molecular weight is 250 g/mol. The fourth-order valence-electron chi connectivity index (χ4n) is 4.78. The third-order valence-electron chi connectivity index (χ3n) is 5.60. The molecule has 18 heavy (non-hydrogen) atoms. The van der Waals surface area contributed by atoms with E-state index in [2.05, 4.69) is 17.6 Å². The number of fused-ring (bicyclic) bond motifs is 1. The van der Waals surface area contributed by atoms with E-state index in [1.807, 2.05) is 0 Å². The Bertz CT molecular complexity index is 260. The van der Waals surface area contributed by atoms with Crippen molar-refractivity contribution in [1.29, 1.82) is 0 Å². The highest BCUT2D eigenvalue weighted by molar-refractivity contribution is 4.93. The standard InChI is InChI=1S/C16H30N2/c1-12-9-13(11-14-5-2-3-7-17-14)15-6-4-8-18-16(15)10-12/h12-18H,2-11H2,1H3/t12-,13+,14-,15-,16-/m0/s1. The molecule has 3 rings (SSSR count). The van der Waals surface area contributed by atoms with E-state index in [1.54, 1.807) is 0 Å². The summed E-state index contributed by atoms with van der Waals surface area (Å²) in [6, 6.07) is 1.67. The van der Waals surface area contributed by atoms with Crippen LogP contribution in [0.1, 0.15) is 58.3 Å². The first kappa shape index (κ1) is 12.9. The van der Waals surface area contributed by atoms with Gasteiger partial charge in [0.15, 0.2) is 0 Å². The maximum atomic E-state index is 3.80. The van der Waals surface area contributed by atoms with Gasteiger partial charge in [0.25, 0.3) is 0 Å². The Kier molecular flexibility index (Phi) is 4.25. The molecule has 1 saturated carbocycles. The van der Waals surface area contributed by atoms with Gasteiger partial charge < -0.3 is 10.6 Å². The topological polar surface area (TPSA) is 24.1 Å². The van der Waals surface area contributed by atoms with Crippen LogP contribution >= 0.6 is 0 Å². The summed E-state index contributed by atoms with van der Waals surface area (Å²) in [5.74, 6) is 2.91. The second-order valence-corrected chi connectivity index (χ2v) is 7.09. The van der Waals surface area contributed by atoms with Gasteiger partial charge in [-0.25, -0.2) is 0 Å². The minimum Gasteiger partial charge on any atom is -0.314 e. The van der Waals surface area contributed by atoms with Crippen molar-refractivity contribution in [3.05, 3.63) is 0 Å². The van der Waals surface area contributed by atoms with E-state index in [1.165, 1.54) is 64.5 Å². The van der Waals surface area contributed by atoms with Gasteiger partial charge in [0.2, 0.25) is 0 Å². The molecule has 2 heteroatoms. The van der Waals surface area contributed by atoms with Gasteiger partial charge >= 0.3 is 0 Å². The minimum atomic E-state index is 0.830. The molecule has 2 heterocycles. The number of piperidine rings is 2. The third kappa shape index (κ3) is 2.91. The number of rotatable bonds is 2. The number of hydrogen-bond donors (Lipinski definition) is 2. The lowest BCUT2D eigenvalue weighted by Crippen LogP contribution is -2.50. The zero-order valence-corrected chi connectivity index (χ0v) is 12.0. The summed E-state index contributed by atoms with van der Waals surface area (Å²) in [4.78, 5) is 0. The van der Waals surface area contributed by atoms with Crippen molar-refractivity contribution in [1.82, 2.24) is 10.6 Å². The van der Waals surface area contributed by atoms with Crippen LogP contribution in [-0.2, 0) is 0 Å². The summed E-state index contributed by atoms with van der Waals surface area (Å²) < 4.78 is 0. The Morgan fingerprint density at radius 2 is 1.83 bits per heavy atom. The summed E-state index contributed by atoms with van der Waals surface area (Å²) >= 11 is 0. The van der Waals surface area contributed by atoms with E-state index in [9.17, 15) is 0 Å². The summed E-state index contributed by atoms with van der Waals surface area (Å²) in [6.45, 7) is 5.00. The highest BCUT2D eigenvalue weighted by atomic mass is 14.9. The van der Waals surface area contributed by atoms with Crippen molar-refractivity contribution in [2.45, 2.75) is 70.4 Å². The molecule has 0 spiro atoms. The molecule has 0 bridgehead atoms. The van der Waals surface area contributed by atoms with E-state index < -0.39 is 0 Å². The molecular formula is C16H30N2. The second-order valence-electron chi connectivity index (χ2n) is 7.09. The Labute approximate surface area is 112 Å². The molecule has 2 aliphatic heterocycles. The smallest absolute Gasteiger partial charge is 0.0100 e. The molecule has 0 aromatic rings. The van der Waals surface area contributed by atoms with Crippen LogP contribution in [0.25, 0.3) is 0 Å². The molecule has 2 nitrogen and oxygen atoms in total. The minimum absolute atomic E-state index is 0.830. The van der Waals surface area contributed by atoms with E-state index in [4.69, 9.17) is 0 Å². The van der Waals surface area contributed by atoms with Gasteiger partial charge in [0, 0.05) is 12.1 Å². The van der Waals surface area contributed by atoms with Crippen LogP contribution < -0.4 is 10.6 Å². The second kappa shape index (κ2) is 5.92. The molecule has 2 N–H and O–H groups in total. The van der Waals surface area contributed by atoms with E-state index >= 15 is 0 Å². The summed E-state index contributed by atoms with van der Waals surface area (Å²) in [6.07, 6.45) is 11.5. The first-order valence-electron chi connectivity index (χ1n) is 8.29. The van der Waals surface area contributed by atoms with E-state index in [0.29, 0.717) is 0 Å². The maximum absolute atomic E-state index is 3.80. The zero-order chi connectivity index (χ0) is 12.4. The lowest BCUT2D eigenvalue weighted by molar-refractivity contribution is 0.0890. The van der Waals surface area contributed by atoms with Gasteiger partial charge in [0.1, 0.15) is 0 Å². The molecule has 2 saturated heterocycles. The monoisotopic (exact) mass is 250 g/mol. The maximum Gasteiger partial charge on any atom is 0.0100 e. The molecule has 104 valence electrons. The van der Waals surface area contributed by atoms with Crippen LogP contribution in [0, 0.1) is 17.8 Å². The molecule has 5 atom stereocenters. The zero-order valence-electron chi connectivity index (χ0n) is 12.0. The van der Waals surface area contributed by atoms with Crippen LogP contribution in [0.4, 0.5) is 0 Å². The molecule has 0 aromatic carbocycles. The summed E-state index contributed by atoms with van der Waals surface area (Å²) in [7, 11) is 0. The molecule has 0 aromatic heterocycles. The molecule has 3 fully saturated rings. The predicted octanol–water partition coefficient (Wildman–Crippen LogP) is 2.93. The summed E-state index contributed by atoms with van der Waals surface area (Å²) in [5, 5.41) is 7.55. The van der Waals surface area contributed by atoms with Gasteiger partial charge in [-0.05, 0) is 75.8 Å². The Morgan fingerprint density at radius 3 is 2.67 bits per heavy atom. The molecule has 0 radical (unpaired) electrons. The van der Waals surface area contributed by atoms with Crippen LogP contribution in [0.2, 0.25) is 0 Å². The molecule has 0 unspecified atom stereocenters. The Hall–Kier alpha value is -0.0800. The van der Waals surface area contributed by atoms with Gasteiger partial charge in [0.05, 0.1) is 0 Å². The molecule has 1 aliphatic carbocycles. The number of hydrogen-bond acceptors (Lipinski definition) is 2. The van der Waals surface area contributed by atoms with E-state index in [0.717, 1.165) is 29.8 Å². The lowest BCUT2D eigenvalue weighted by atomic mass is 9.66. The van der Waals surface area contributed by atoms with Gasteiger partial charge in [-0.2, -0.15) is 0 Å². The lowest BCUT2D eigenvalue weighted by Gasteiger charge is -2.45. The fourth-order valence-corrected chi connectivity index (χ4v) is 4.78. The SMILES string of the molecule is C[C@H]1C[C@H](C[C@@H]2CCCCN2)[C@@H]2CCCN[C@H]2C1. The summed E-state index contributed by atoms with van der Waals surface area (Å²) in [5.41, 5.74) is 0. The molecule has 0 amide bonds. The van der Waals surface area contributed by atoms with Gasteiger partial charge in [-0.15, -0.1) is 0 Å². The van der Waals surface area contributed by atoms with Crippen molar-refractivity contribution in [2.75, 3.05) is 13.1 Å².